The van der Waals surface area contributed by atoms with Crippen LogP contribution in [0.5, 0.6) is 5.75 Å². The minimum atomic E-state index is -3.40. The Morgan fingerprint density at radius 2 is 2.05 bits per heavy atom. The molecular weight excluding hydrogens is 508 g/mol. The fourth-order valence-corrected chi connectivity index (χ4v) is 7.19. The first-order chi connectivity index (χ1) is 17.8. The van der Waals surface area contributed by atoms with Gasteiger partial charge in [0.05, 0.1) is 35.6 Å². The lowest BCUT2D eigenvalue weighted by atomic mass is 10.0. The molecule has 1 saturated heterocycles. The van der Waals surface area contributed by atoms with E-state index in [1.165, 1.54) is 5.56 Å². The van der Waals surface area contributed by atoms with Crippen molar-refractivity contribution in [3.05, 3.63) is 53.7 Å². The number of aromatic nitrogens is 1. The number of nitrogens with two attached hydrogens (primary N) is 1. The highest BCUT2D eigenvalue weighted by Gasteiger charge is 2.29. The number of anilines is 1. The number of rotatable bonds is 9. The molecule has 5 rings (SSSR count). The molecule has 0 radical (unpaired) electrons. The summed E-state index contributed by atoms with van der Waals surface area (Å²) < 4.78 is 39.8. The summed E-state index contributed by atoms with van der Waals surface area (Å²) in [6.07, 6.45) is 3.52. The molecule has 3 aromatic rings. The third-order valence-electron chi connectivity index (χ3n) is 6.76. The lowest BCUT2D eigenvalue weighted by Gasteiger charge is -2.26. The lowest BCUT2D eigenvalue weighted by Crippen LogP contribution is -2.41. The SMILES string of the molecule is CC(C)Oc1ccc(-c2ncc(-c3cccc4c3CC[C@@H]4NS(=O)(=O)CCN3CCOCC3)s2)cc1N. The summed E-state index contributed by atoms with van der Waals surface area (Å²) in [5, 5.41) is 0.883. The highest BCUT2D eigenvalue weighted by molar-refractivity contribution is 7.89. The van der Waals surface area contributed by atoms with Crippen molar-refractivity contribution >= 4 is 27.0 Å². The molecule has 0 bridgehead atoms. The van der Waals surface area contributed by atoms with E-state index in [9.17, 15) is 8.42 Å². The Labute approximate surface area is 222 Å². The quantitative estimate of drug-likeness (QED) is 0.392. The normalized spacial score (nSPS) is 18.3. The van der Waals surface area contributed by atoms with Gasteiger partial charge >= 0.3 is 0 Å². The number of nitrogens with one attached hydrogen (secondary N) is 1. The van der Waals surface area contributed by atoms with Gasteiger partial charge in [-0.25, -0.2) is 18.1 Å². The van der Waals surface area contributed by atoms with Crippen LogP contribution in [0.25, 0.3) is 21.0 Å². The predicted molar refractivity (Wildman–Crippen MR) is 148 cm³/mol. The molecule has 8 nitrogen and oxygen atoms in total. The highest BCUT2D eigenvalue weighted by atomic mass is 32.2. The zero-order valence-electron chi connectivity index (χ0n) is 21.3. The zero-order chi connectivity index (χ0) is 26.0. The fraction of sp³-hybridized carbons (Fsp3) is 0.444. The van der Waals surface area contributed by atoms with Crippen molar-refractivity contribution < 1.29 is 17.9 Å². The minimum Gasteiger partial charge on any atom is -0.489 e. The molecule has 2 aromatic carbocycles. The Kier molecular flexibility index (Phi) is 7.83. The topological polar surface area (TPSA) is 107 Å². The van der Waals surface area contributed by atoms with Gasteiger partial charge in [-0.15, -0.1) is 11.3 Å². The Balaban J connectivity index is 1.30. The smallest absolute Gasteiger partial charge is 0.213 e. The molecule has 0 spiro atoms. The van der Waals surface area contributed by atoms with Crippen LogP contribution in [0, 0.1) is 0 Å². The van der Waals surface area contributed by atoms with Crippen LogP contribution in [0.1, 0.15) is 37.4 Å². The molecule has 0 unspecified atom stereocenters. The number of morpholine rings is 1. The number of hydrogen-bond donors (Lipinski definition) is 2. The van der Waals surface area contributed by atoms with Crippen molar-refractivity contribution in [2.45, 2.75) is 38.8 Å². The van der Waals surface area contributed by atoms with Crippen LogP contribution in [0.3, 0.4) is 0 Å². The van der Waals surface area contributed by atoms with Crippen LogP contribution in [0.4, 0.5) is 5.69 Å². The molecular formula is C27H34N4O4S2. The Morgan fingerprint density at radius 3 is 2.81 bits per heavy atom. The van der Waals surface area contributed by atoms with E-state index in [-0.39, 0.29) is 17.9 Å². The van der Waals surface area contributed by atoms with E-state index in [0.29, 0.717) is 31.2 Å². The fourth-order valence-electron chi connectivity index (χ4n) is 4.93. The van der Waals surface area contributed by atoms with E-state index in [1.54, 1.807) is 11.3 Å². The van der Waals surface area contributed by atoms with E-state index in [2.05, 4.69) is 20.7 Å². The van der Waals surface area contributed by atoms with Crippen LogP contribution in [-0.2, 0) is 21.2 Å². The first-order valence-corrected chi connectivity index (χ1v) is 15.2. The van der Waals surface area contributed by atoms with Crippen molar-refractivity contribution in [1.82, 2.24) is 14.6 Å². The Bertz CT molecular complexity index is 1350. The number of hydrogen-bond acceptors (Lipinski definition) is 8. The van der Waals surface area contributed by atoms with Gasteiger partial charge in [-0.05, 0) is 61.6 Å². The molecule has 3 N–H and O–H groups in total. The van der Waals surface area contributed by atoms with Gasteiger partial charge in [0, 0.05) is 37.4 Å². The van der Waals surface area contributed by atoms with E-state index < -0.39 is 10.0 Å². The summed E-state index contributed by atoms with van der Waals surface area (Å²) in [7, 11) is -3.40. The van der Waals surface area contributed by atoms with Crippen LogP contribution >= 0.6 is 11.3 Å². The summed E-state index contributed by atoms with van der Waals surface area (Å²) in [5.74, 6) is 0.774. The minimum absolute atomic E-state index is 0.0536. The number of nitrogen functional groups attached to an aromatic ring is 1. The molecule has 10 heteroatoms. The van der Waals surface area contributed by atoms with Gasteiger partial charge in [0.15, 0.2) is 0 Å². The summed E-state index contributed by atoms with van der Waals surface area (Å²) >= 11 is 1.61. The van der Waals surface area contributed by atoms with Crippen molar-refractivity contribution in [3.8, 4) is 26.8 Å². The van der Waals surface area contributed by atoms with Crippen molar-refractivity contribution in [2.75, 3.05) is 44.3 Å². The average Bonchev–Trinajstić information content (AvgIpc) is 3.52. The predicted octanol–water partition coefficient (Wildman–Crippen LogP) is 4.09. The Morgan fingerprint density at radius 1 is 1.24 bits per heavy atom. The van der Waals surface area contributed by atoms with Gasteiger partial charge in [-0.3, -0.25) is 4.90 Å². The first kappa shape index (κ1) is 26.1. The van der Waals surface area contributed by atoms with Crippen molar-refractivity contribution in [2.24, 2.45) is 0 Å². The van der Waals surface area contributed by atoms with E-state index in [4.69, 9.17) is 15.2 Å². The molecule has 2 heterocycles. The second kappa shape index (κ2) is 11.1. The highest BCUT2D eigenvalue weighted by Crippen LogP contribution is 2.41. The second-order valence-corrected chi connectivity index (χ2v) is 12.7. The molecule has 0 amide bonds. The molecule has 1 aliphatic carbocycles. The number of nitrogens with zero attached hydrogens (tertiary/aromatic N) is 2. The van der Waals surface area contributed by atoms with E-state index in [0.717, 1.165) is 52.5 Å². The Hall–Kier alpha value is -2.50. The molecule has 1 atom stereocenters. The third-order valence-corrected chi connectivity index (χ3v) is 9.21. The maximum Gasteiger partial charge on any atom is 0.213 e. The van der Waals surface area contributed by atoms with Crippen LogP contribution in [-0.4, -0.2) is 63.0 Å². The largest absolute Gasteiger partial charge is 0.489 e. The van der Waals surface area contributed by atoms with Gasteiger partial charge in [0.25, 0.3) is 0 Å². The first-order valence-electron chi connectivity index (χ1n) is 12.7. The number of ether oxygens (including phenoxy) is 2. The lowest BCUT2D eigenvalue weighted by molar-refractivity contribution is 0.0408. The number of fused-ring (bicyclic) bond motifs is 1. The van der Waals surface area contributed by atoms with Gasteiger partial charge in [-0.2, -0.15) is 0 Å². The summed E-state index contributed by atoms with van der Waals surface area (Å²) in [6.45, 7) is 7.36. The maximum atomic E-state index is 12.9. The van der Waals surface area contributed by atoms with Crippen LogP contribution in [0.2, 0.25) is 0 Å². The molecule has 198 valence electrons. The van der Waals surface area contributed by atoms with Gasteiger partial charge in [0.2, 0.25) is 10.0 Å². The summed E-state index contributed by atoms with van der Waals surface area (Å²) in [6, 6.07) is 11.7. The second-order valence-electron chi connectivity index (χ2n) is 9.80. The average molecular weight is 543 g/mol. The standard InChI is InChI=1S/C27H34N4O4S2/c1-18(2)35-25-9-6-19(16-23(25)28)27-29-17-26(36-27)22-5-3-4-21-20(22)7-8-24(21)30-37(32,33)15-12-31-10-13-34-14-11-31/h3-6,9,16-18,24,30H,7-8,10-15,28H2,1-2H3/t24-/m0/s1. The molecule has 1 aromatic heterocycles. The number of sulfonamides is 1. The summed E-state index contributed by atoms with van der Waals surface area (Å²) in [5.41, 5.74) is 11.1. The number of benzene rings is 2. The van der Waals surface area contributed by atoms with E-state index in [1.807, 2.05) is 50.4 Å². The molecule has 2 aliphatic rings. The van der Waals surface area contributed by atoms with Crippen molar-refractivity contribution in [1.29, 1.82) is 0 Å². The van der Waals surface area contributed by atoms with Gasteiger partial charge in [-0.1, -0.05) is 18.2 Å². The maximum absolute atomic E-state index is 12.9. The van der Waals surface area contributed by atoms with Gasteiger partial charge in [0.1, 0.15) is 10.8 Å². The van der Waals surface area contributed by atoms with Crippen LogP contribution < -0.4 is 15.2 Å². The van der Waals surface area contributed by atoms with E-state index >= 15 is 0 Å². The molecule has 1 fully saturated rings. The molecule has 1 aliphatic heterocycles. The van der Waals surface area contributed by atoms with Crippen LogP contribution in [0.15, 0.2) is 42.6 Å². The molecule has 37 heavy (non-hydrogen) atoms. The third kappa shape index (κ3) is 6.15. The number of thiazole rings is 1. The summed E-state index contributed by atoms with van der Waals surface area (Å²) in [4.78, 5) is 7.87. The molecule has 0 saturated carbocycles. The van der Waals surface area contributed by atoms with Crippen molar-refractivity contribution in [3.63, 3.8) is 0 Å². The zero-order valence-corrected chi connectivity index (χ0v) is 22.9. The monoisotopic (exact) mass is 542 g/mol. The van der Waals surface area contributed by atoms with Gasteiger partial charge < -0.3 is 15.2 Å².